The molecule has 2 heterocycles. The van der Waals surface area contributed by atoms with Crippen LogP contribution in [0.4, 0.5) is 0 Å². The van der Waals surface area contributed by atoms with Crippen molar-refractivity contribution < 1.29 is 9.53 Å². The van der Waals surface area contributed by atoms with Gasteiger partial charge < -0.3 is 10.1 Å². The number of nitrogens with zero attached hydrogens (tertiary/aromatic N) is 3. The highest BCUT2D eigenvalue weighted by molar-refractivity contribution is 5.94. The molecule has 1 atom stereocenters. The van der Waals surface area contributed by atoms with E-state index < -0.39 is 0 Å². The Bertz CT molecular complexity index is 1020. The number of aromatic nitrogens is 2. The predicted octanol–water partition coefficient (Wildman–Crippen LogP) is 3.60. The monoisotopic (exact) mass is 418 g/mol. The first kappa shape index (κ1) is 21.3. The van der Waals surface area contributed by atoms with Crippen molar-refractivity contribution in [2.24, 2.45) is 0 Å². The molecule has 0 radical (unpaired) electrons. The minimum atomic E-state index is -0.0645. The molecule has 2 aromatic carbocycles. The minimum absolute atomic E-state index is 0.0645. The molecular weight excluding hydrogens is 388 g/mol. The molecule has 0 unspecified atom stereocenters. The quantitative estimate of drug-likeness (QED) is 0.665. The summed E-state index contributed by atoms with van der Waals surface area (Å²) in [6.45, 7) is 9.83. The second-order valence-corrected chi connectivity index (χ2v) is 8.17. The van der Waals surface area contributed by atoms with E-state index in [1.807, 2.05) is 48.9 Å². The number of carbonyl (C=O) groups is 1. The lowest BCUT2D eigenvalue weighted by Gasteiger charge is -2.35. The van der Waals surface area contributed by atoms with Gasteiger partial charge in [-0.1, -0.05) is 29.8 Å². The van der Waals surface area contributed by atoms with E-state index in [-0.39, 0.29) is 11.9 Å². The van der Waals surface area contributed by atoms with Gasteiger partial charge in [0.15, 0.2) is 0 Å². The molecule has 3 aromatic rings. The molecule has 1 aromatic heterocycles. The summed E-state index contributed by atoms with van der Waals surface area (Å²) in [6, 6.07) is 18.3. The Balaban J connectivity index is 1.45. The molecule has 1 saturated heterocycles. The van der Waals surface area contributed by atoms with Gasteiger partial charge in [0.25, 0.3) is 5.91 Å². The lowest BCUT2D eigenvalue weighted by Crippen LogP contribution is -2.43. The summed E-state index contributed by atoms with van der Waals surface area (Å²) in [6.07, 6.45) is 0. The zero-order valence-corrected chi connectivity index (χ0v) is 18.5. The molecule has 0 bridgehead atoms. The number of hydrogen-bond donors (Lipinski definition) is 1. The van der Waals surface area contributed by atoms with Gasteiger partial charge in [-0.25, -0.2) is 4.68 Å². The third kappa shape index (κ3) is 5.03. The van der Waals surface area contributed by atoms with Crippen LogP contribution in [0, 0.1) is 20.8 Å². The van der Waals surface area contributed by atoms with Crippen molar-refractivity contribution in [2.45, 2.75) is 26.8 Å². The smallest absolute Gasteiger partial charge is 0.251 e. The molecule has 0 aliphatic carbocycles. The number of morpholine rings is 1. The lowest BCUT2D eigenvalue weighted by atomic mass is 10.0. The molecule has 1 amide bonds. The summed E-state index contributed by atoms with van der Waals surface area (Å²) < 4.78 is 7.41. The van der Waals surface area contributed by atoms with E-state index in [2.05, 4.69) is 46.5 Å². The van der Waals surface area contributed by atoms with Crippen LogP contribution in [0.2, 0.25) is 0 Å². The Kier molecular flexibility index (Phi) is 6.49. The van der Waals surface area contributed by atoms with E-state index in [0.29, 0.717) is 12.1 Å². The number of benzene rings is 2. The van der Waals surface area contributed by atoms with E-state index in [1.54, 1.807) is 0 Å². The molecule has 4 rings (SSSR count). The van der Waals surface area contributed by atoms with Gasteiger partial charge in [0.05, 0.1) is 30.6 Å². The van der Waals surface area contributed by atoms with Gasteiger partial charge in [0, 0.05) is 30.9 Å². The number of amides is 1. The Morgan fingerprint density at radius 2 is 1.71 bits per heavy atom. The molecule has 0 saturated carbocycles. The molecule has 1 aliphatic heterocycles. The molecule has 6 heteroatoms. The van der Waals surface area contributed by atoms with Crippen LogP contribution in [-0.4, -0.2) is 53.4 Å². The first-order valence-electron chi connectivity index (χ1n) is 10.8. The lowest BCUT2D eigenvalue weighted by molar-refractivity contribution is 0.0162. The van der Waals surface area contributed by atoms with Crippen molar-refractivity contribution in [3.63, 3.8) is 0 Å². The fourth-order valence-corrected chi connectivity index (χ4v) is 4.07. The summed E-state index contributed by atoms with van der Waals surface area (Å²) in [5, 5.41) is 7.65. The maximum atomic E-state index is 12.9. The molecule has 31 heavy (non-hydrogen) atoms. The first-order chi connectivity index (χ1) is 15.0. The van der Waals surface area contributed by atoms with Gasteiger partial charge in [-0.05, 0) is 56.7 Å². The molecule has 1 fully saturated rings. The van der Waals surface area contributed by atoms with Crippen molar-refractivity contribution in [2.75, 3.05) is 32.8 Å². The summed E-state index contributed by atoms with van der Waals surface area (Å²) in [7, 11) is 0. The van der Waals surface area contributed by atoms with Crippen molar-refractivity contribution >= 4 is 5.91 Å². The normalized spacial score (nSPS) is 15.6. The number of hydrogen-bond acceptors (Lipinski definition) is 4. The average molecular weight is 419 g/mol. The van der Waals surface area contributed by atoms with Crippen LogP contribution in [-0.2, 0) is 4.74 Å². The summed E-state index contributed by atoms with van der Waals surface area (Å²) >= 11 is 0. The Morgan fingerprint density at radius 3 is 2.32 bits per heavy atom. The predicted molar refractivity (Wildman–Crippen MR) is 122 cm³/mol. The SMILES string of the molecule is Cc1ccc([C@@H](CNC(=O)c2ccc(-n3nc(C)cc3C)cc2)N2CCOCC2)cc1. The maximum absolute atomic E-state index is 12.9. The zero-order chi connectivity index (χ0) is 21.8. The Labute approximate surface area is 183 Å². The molecule has 6 nitrogen and oxygen atoms in total. The van der Waals surface area contributed by atoms with Gasteiger partial charge in [-0.15, -0.1) is 0 Å². The fraction of sp³-hybridized carbons (Fsp3) is 0.360. The summed E-state index contributed by atoms with van der Waals surface area (Å²) in [5.74, 6) is -0.0645. The third-order valence-electron chi connectivity index (χ3n) is 5.79. The summed E-state index contributed by atoms with van der Waals surface area (Å²) in [4.78, 5) is 15.2. The Hall–Kier alpha value is -2.96. The molecule has 162 valence electrons. The molecule has 1 aliphatic rings. The number of ether oxygens (including phenoxy) is 1. The fourth-order valence-electron chi connectivity index (χ4n) is 4.07. The zero-order valence-electron chi connectivity index (χ0n) is 18.5. The molecule has 1 N–H and O–H groups in total. The second-order valence-electron chi connectivity index (χ2n) is 8.17. The van der Waals surface area contributed by atoms with E-state index >= 15 is 0 Å². The van der Waals surface area contributed by atoms with Gasteiger partial charge in [-0.2, -0.15) is 5.10 Å². The largest absolute Gasteiger partial charge is 0.379 e. The minimum Gasteiger partial charge on any atom is -0.379 e. The van der Waals surface area contributed by atoms with Crippen LogP contribution in [0.3, 0.4) is 0 Å². The van der Waals surface area contributed by atoms with Crippen LogP contribution in [0.15, 0.2) is 54.6 Å². The van der Waals surface area contributed by atoms with Gasteiger partial charge in [-0.3, -0.25) is 9.69 Å². The molecular formula is C25H30N4O2. The maximum Gasteiger partial charge on any atom is 0.251 e. The average Bonchev–Trinajstić information content (AvgIpc) is 3.13. The van der Waals surface area contributed by atoms with Crippen LogP contribution in [0.25, 0.3) is 5.69 Å². The topological polar surface area (TPSA) is 59.4 Å². The highest BCUT2D eigenvalue weighted by Crippen LogP contribution is 2.22. The van der Waals surface area contributed by atoms with Crippen molar-refractivity contribution in [1.29, 1.82) is 0 Å². The van der Waals surface area contributed by atoms with E-state index in [1.165, 1.54) is 11.1 Å². The van der Waals surface area contributed by atoms with E-state index in [0.717, 1.165) is 43.4 Å². The van der Waals surface area contributed by atoms with Gasteiger partial charge in [0.2, 0.25) is 0 Å². The van der Waals surface area contributed by atoms with Crippen LogP contribution < -0.4 is 5.32 Å². The van der Waals surface area contributed by atoms with Crippen LogP contribution in [0.1, 0.15) is 38.9 Å². The van der Waals surface area contributed by atoms with Crippen LogP contribution >= 0.6 is 0 Å². The number of nitrogens with one attached hydrogen (secondary N) is 1. The van der Waals surface area contributed by atoms with Crippen molar-refractivity contribution in [3.8, 4) is 5.69 Å². The van der Waals surface area contributed by atoms with Crippen LogP contribution in [0.5, 0.6) is 0 Å². The number of rotatable bonds is 6. The highest BCUT2D eigenvalue weighted by Gasteiger charge is 2.23. The second kappa shape index (κ2) is 9.45. The number of aryl methyl sites for hydroxylation is 3. The summed E-state index contributed by atoms with van der Waals surface area (Å²) in [5.41, 5.74) is 6.09. The highest BCUT2D eigenvalue weighted by atomic mass is 16.5. The van der Waals surface area contributed by atoms with Crippen molar-refractivity contribution in [3.05, 3.63) is 82.7 Å². The molecule has 0 spiro atoms. The Morgan fingerprint density at radius 1 is 1.03 bits per heavy atom. The standard InChI is InChI=1S/C25H30N4O2/c1-18-4-6-21(7-5-18)24(28-12-14-31-15-13-28)17-26-25(30)22-8-10-23(11-9-22)29-20(3)16-19(2)27-29/h4-11,16,24H,12-15,17H2,1-3H3,(H,26,30)/t24-/m1/s1. The first-order valence-corrected chi connectivity index (χ1v) is 10.8. The number of carbonyl (C=O) groups excluding carboxylic acids is 1. The third-order valence-corrected chi connectivity index (χ3v) is 5.79. The van der Waals surface area contributed by atoms with Crippen molar-refractivity contribution in [1.82, 2.24) is 20.0 Å². The van der Waals surface area contributed by atoms with E-state index in [4.69, 9.17) is 4.74 Å². The van der Waals surface area contributed by atoms with Gasteiger partial charge in [0.1, 0.15) is 0 Å². The van der Waals surface area contributed by atoms with E-state index in [9.17, 15) is 4.79 Å². The van der Waals surface area contributed by atoms with Gasteiger partial charge >= 0.3 is 0 Å².